The van der Waals surface area contributed by atoms with Crippen LogP contribution in [0.4, 0.5) is 4.79 Å². The Labute approximate surface area is 120 Å². The molecule has 1 fully saturated rings. The zero-order chi connectivity index (χ0) is 14.4. The average molecular weight is 277 g/mol. The molecule has 0 atom stereocenters. The van der Waals surface area contributed by atoms with Crippen molar-refractivity contribution in [1.29, 1.82) is 0 Å². The molecule has 1 saturated heterocycles. The topological polar surface area (TPSA) is 44.8 Å². The Kier molecular flexibility index (Phi) is 5.24. The van der Waals surface area contributed by atoms with Crippen molar-refractivity contribution in [1.82, 2.24) is 15.1 Å². The zero-order valence-electron chi connectivity index (χ0n) is 12.3. The fourth-order valence-corrected chi connectivity index (χ4v) is 2.32. The molecule has 1 aromatic carbocycles. The predicted molar refractivity (Wildman–Crippen MR) is 78.9 cm³/mol. The first kappa shape index (κ1) is 14.7. The quantitative estimate of drug-likeness (QED) is 0.822. The third-order valence-corrected chi connectivity index (χ3v) is 3.41. The van der Waals surface area contributed by atoms with Crippen LogP contribution in [0.3, 0.4) is 0 Å². The van der Waals surface area contributed by atoms with Crippen molar-refractivity contribution < 1.29 is 9.53 Å². The second-order valence-corrected chi connectivity index (χ2v) is 5.00. The highest BCUT2D eigenvalue weighted by Gasteiger charge is 2.19. The van der Waals surface area contributed by atoms with Crippen LogP contribution >= 0.6 is 0 Å². The first-order valence-corrected chi connectivity index (χ1v) is 7.12. The molecule has 110 valence electrons. The Bertz CT molecular complexity index is 450. The molecule has 0 unspecified atom stereocenters. The Morgan fingerprint density at radius 2 is 2.20 bits per heavy atom. The predicted octanol–water partition coefficient (Wildman–Crippen LogP) is 1.54. The maximum Gasteiger partial charge on any atom is 0.317 e. The molecule has 0 radical (unpaired) electrons. The van der Waals surface area contributed by atoms with Crippen molar-refractivity contribution in [3.8, 4) is 5.75 Å². The van der Waals surface area contributed by atoms with E-state index in [0.29, 0.717) is 6.61 Å². The molecule has 0 saturated carbocycles. The van der Waals surface area contributed by atoms with Crippen molar-refractivity contribution >= 4 is 6.03 Å². The number of hydrogen-bond acceptors (Lipinski definition) is 3. The summed E-state index contributed by atoms with van der Waals surface area (Å²) in [5.74, 6) is 0.945. The Hall–Kier alpha value is -1.75. The number of para-hydroxylation sites is 1. The van der Waals surface area contributed by atoms with E-state index in [0.717, 1.165) is 38.5 Å². The molecule has 1 N–H and O–H groups in total. The number of carbonyl (C=O) groups is 1. The summed E-state index contributed by atoms with van der Waals surface area (Å²) < 4.78 is 5.63. The number of nitrogens with one attached hydrogen (secondary N) is 1. The van der Waals surface area contributed by atoms with Gasteiger partial charge >= 0.3 is 6.03 Å². The fourth-order valence-electron chi connectivity index (χ4n) is 2.32. The molecular formula is C15H23N3O2. The highest BCUT2D eigenvalue weighted by molar-refractivity contribution is 5.76. The zero-order valence-corrected chi connectivity index (χ0v) is 12.3. The molecule has 0 bridgehead atoms. The molecule has 0 spiro atoms. The second kappa shape index (κ2) is 7.14. The highest BCUT2D eigenvalue weighted by atomic mass is 16.5. The van der Waals surface area contributed by atoms with Gasteiger partial charge in [0.2, 0.25) is 0 Å². The van der Waals surface area contributed by atoms with E-state index in [4.69, 9.17) is 4.74 Å². The summed E-state index contributed by atoms with van der Waals surface area (Å²) in [5.41, 5.74) is 1.18. The van der Waals surface area contributed by atoms with Gasteiger partial charge in [-0.25, -0.2) is 4.79 Å². The van der Waals surface area contributed by atoms with Gasteiger partial charge in [0.1, 0.15) is 5.75 Å². The van der Waals surface area contributed by atoms with Gasteiger partial charge in [0, 0.05) is 38.3 Å². The van der Waals surface area contributed by atoms with Crippen LogP contribution < -0.4 is 10.1 Å². The molecule has 1 aliphatic rings. The molecular weight excluding hydrogens is 254 g/mol. The third-order valence-electron chi connectivity index (χ3n) is 3.41. The number of ether oxygens (including phenoxy) is 1. The van der Waals surface area contributed by atoms with Gasteiger partial charge in [-0.2, -0.15) is 0 Å². The number of amides is 2. The largest absolute Gasteiger partial charge is 0.494 e. The molecule has 2 amide bonds. The van der Waals surface area contributed by atoms with Crippen LogP contribution in [-0.4, -0.2) is 55.7 Å². The van der Waals surface area contributed by atoms with Crippen molar-refractivity contribution in [2.45, 2.75) is 13.5 Å². The Morgan fingerprint density at radius 3 is 2.90 bits per heavy atom. The Balaban J connectivity index is 1.84. The van der Waals surface area contributed by atoms with Crippen molar-refractivity contribution in [2.75, 3.05) is 39.8 Å². The van der Waals surface area contributed by atoms with Gasteiger partial charge in [-0.3, -0.25) is 0 Å². The maximum absolute atomic E-state index is 11.5. The maximum atomic E-state index is 11.5. The number of benzene rings is 1. The molecule has 2 rings (SSSR count). The average Bonchev–Trinajstić information content (AvgIpc) is 2.84. The second-order valence-electron chi connectivity index (χ2n) is 5.00. The minimum Gasteiger partial charge on any atom is -0.494 e. The fraction of sp³-hybridized carbons (Fsp3) is 0.533. The minimum absolute atomic E-state index is 0.0492. The van der Waals surface area contributed by atoms with Gasteiger partial charge in [0.05, 0.1) is 6.61 Å². The van der Waals surface area contributed by atoms with E-state index in [-0.39, 0.29) is 6.03 Å². The van der Waals surface area contributed by atoms with Crippen LogP contribution in [0.15, 0.2) is 24.3 Å². The number of nitrogens with zero attached hydrogens (tertiary/aromatic N) is 2. The standard InChI is InChI=1S/C15H23N3O2/c1-3-20-14-7-5-4-6-13(14)12-17(2)10-11-18-9-8-16-15(18)19/h4-7H,3,8-12H2,1-2H3,(H,16,19). The number of hydrogen-bond donors (Lipinski definition) is 1. The lowest BCUT2D eigenvalue weighted by Crippen LogP contribution is -2.35. The van der Waals surface area contributed by atoms with E-state index < -0.39 is 0 Å². The normalized spacial score (nSPS) is 14.8. The smallest absolute Gasteiger partial charge is 0.317 e. The number of carbonyl (C=O) groups excluding carboxylic acids is 1. The highest BCUT2D eigenvalue weighted by Crippen LogP contribution is 2.19. The summed E-state index contributed by atoms with van der Waals surface area (Å²) in [6.07, 6.45) is 0. The van der Waals surface area contributed by atoms with Gasteiger partial charge in [-0.15, -0.1) is 0 Å². The first-order chi connectivity index (χ1) is 9.70. The van der Waals surface area contributed by atoms with Gasteiger partial charge in [-0.05, 0) is 20.0 Å². The van der Waals surface area contributed by atoms with Crippen LogP contribution in [0.5, 0.6) is 5.75 Å². The van der Waals surface area contributed by atoms with Crippen LogP contribution in [0.1, 0.15) is 12.5 Å². The molecule has 5 nitrogen and oxygen atoms in total. The number of urea groups is 1. The van der Waals surface area contributed by atoms with E-state index in [1.807, 2.05) is 30.0 Å². The summed E-state index contributed by atoms with van der Waals surface area (Å²) in [5, 5.41) is 2.82. The Morgan fingerprint density at radius 1 is 1.40 bits per heavy atom. The van der Waals surface area contributed by atoms with Gasteiger partial charge < -0.3 is 19.9 Å². The summed E-state index contributed by atoms with van der Waals surface area (Å²) in [4.78, 5) is 15.5. The first-order valence-electron chi connectivity index (χ1n) is 7.12. The molecule has 5 heteroatoms. The van der Waals surface area contributed by atoms with Gasteiger partial charge in [0.25, 0.3) is 0 Å². The number of rotatable bonds is 7. The summed E-state index contributed by atoms with van der Waals surface area (Å²) in [6, 6.07) is 8.15. The lowest BCUT2D eigenvalue weighted by molar-refractivity contribution is 0.207. The van der Waals surface area contributed by atoms with E-state index in [1.54, 1.807) is 0 Å². The molecule has 1 aliphatic heterocycles. The molecule has 1 aromatic rings. The third kappa shape index (κ3) is 3.87. The molecule has 0 aliphatic carbocycles. The minimum atomic E-state index is 0.0492. The van der Waals surface area contributed by atoms with Crippen LogP contribution in [0.25, 0.3) is 0 Å². The van der Waals surface area contributed by atoms with E-state index >= 15 is 0 Å². The summed E-state index contributed by atoms with van der Waals surface area (Å²) >= 11 is 0. The lowest BCUT2D eigenvalue weighted by Gasteiger charge is -2.22. The molecule has 0 aromatic heterocycles. The lowest BCUT2D eigenvalue weighted by atomic mass is 10.2. The summed E-state index contributed by atoms with van der Waals surface area (Å²) in [7, 11) is 2.07. The van der Waals surface area contributed by atoms with Crippen LogP contribution in [0.2, 0.25) is 0 Å². The van der Waals surface area contributed by atoms with Crippen molar-refractivity contribution in [3.63, 3.8) is 0 Å². The van der Waals surface area contributed by atoms with Crippen molar-refractivity contribution in [3.05, 3.63) is 29.8 Å². The molecule has 1 heterocycles. The SMILES string of the molecule is CCOc1ccccc1CN(C)CCN1CCNC1=O. The number of likely N-dealkylation sites (N-methyl/N-ethyl adjacent to an activating group) is 1. The summed E-state index contributed by atoms with van der Waals surface area (Å²) in [6.45, 7) is 6.68. The van der Waals surface area contributed by atoms with E-state index in [1.165, 1.54) is 5.56 Å². The molecule has 20 heavy (non-hydrogen) atoms. The van der Waals surface area contributed by atoms with E-state index in [9.17, 15) is 4.79 Å². The van der Waals surface area contributed by atoms with Crippen LogP contribution in [0, 0.1) is 0 Å². The van der Waals surface area contributed by atoms with Gasteiger partial charge in [-0.1, -0.05) is 18.2 Å². The monoisotopic (exact) mass is 277 g/mol. The van der Waals surface area contributed by atoms with Crippen molar-refractivity contribution in [2.24, 2.45) is 0 Å². The van der Waals surface area contributed by atoms with E-state index in [2.05, 4.69) is 23.3 Å². The van der Waals surface area contributed by atoms with Crippen LogP contribution in [-0.2, 0) is 6.54 Å². The van der Waals surface area contributed by atoms with Gasteiger partial charge in [0.15, 0.2) is 0 Å².